The summed E-state index contributed by atoms with van der Waals surface area (Å²) in [6.45, 7) is 5.13. The van der Waals surface area contributed by atoms with Gasteiger partial charge in [0.1, 0.15) is 0 Å². The first-order chi connectivity index (χ1) is 15.4. The van der Waals surface area contributed by atoms with E-state index >= 15 is 0 Å². The molecule has 4 nitrogen and oxygen atoms in total. The van der Waals surface area contributed by atoms with Crippen LogP contribution in [0.1, 0.15) is 71.6 Å². The van der Waals surface area contributed by atoms with Crippen molar-refractivity contribution in [3.63, 3.8) is 0 Å². The van der Waals surface area contributed by atoms with Crippen LogP contribution in [-0.4, -0.2) is 63.8 Å². The highest BCUT2D eigenvalue weighted by Gasteiger charge is 2.57. The van der Waals surface area contributed by atoms with Crippen molar-refractivity contribution < 1.29 is 28.5 Å². The Morgan fingerprint density at radius 3 is 2.45 bits per heavy atom. The van der Waals surface area contributed by atoms with Crippen LogP contribution >= 0.6 is 0 Å². The summed E-state index contributed by atoms with van der Waals surface area (Å²) < 4.78 is 39.6. The van der Waals surface area contributed by atoms with E-state index in [-0.39, 0.29) is 24.3 Å². The lowest BCUT2D eigenvalue weighted by atomic mass is 9.61. The molecule has 0 aromatic carbocycles. The van der Waals surface area contributed by atoms with Crippen molar-refractivity contribution >= 4 is 0 Å². The van der Waals surface area contributed by atoms with Gasteiger partial charge in [0.15, 0.2) is 5.60 Å². The third kappa shape index (κ3) is 5.07. The molecule has 3 N–H and O–H groups in total. The number of hydrogen-bond donors (Lipinski definition) is 3. The first-order valence-electron chi connectivity index (χ1n) is 12.7. The van der Waals surface area contributed by atoms with Crippen LogP contribution in [0.5, 0.6) is 0 Å². The van der Waals surface area contributed by atoms with E-state index in [4.69, 9.17) is 0 Å². The highest BCUT2D eigenvalue weighted by molar-refractivity contribution is 5.26. The van der Waals surface area contributed by atoms with Crippen molar-refractivity contribution in [2.45, 2.75) is 95.6 Å². The fraction of sp³-hybridized carbons (Fsp3) is 0.846. The molecule has 0 aromatic heterocycles. The minimum Gasteiger partial charge on any atom is -0.393 e. The molecule has 7 heteroatoms. The average molecular weight is 472 g/mol. The zero-order valence-electron chi connectivity index (χ0n) is 19.9. The Hall–Kier alpha value is -0.890. The Balaban J connectivity index is 1.42. The molecule has 1 aliphatic heterocycles. The van der Waals surface area contributed by atoms with E-state index in [1.807, 2.05) is 0 Å². The largest absolute Gasteiger partial charge is 0.418 e. The summed E-state index contributed by atoms with van der Waals surface area (Å²) in [5.41, 5.74) is 0.139. The molecule has 33 heavy (non-hydrogen) atoms. The number of likely N-dealkylation sites (tertiary alicyclic amines) is 1. The molecule has 1 heterocycles. The first-order valence-corrected chi connectivity index (χ1v) is 12.7. The average Bonchev–Trinajstić information content (AvgIpc) is 3.26. The molecule has 0 spiro atoms. The van der Waals surface area contributed by atoms with Crippen molar-refractivity contribution in [2.75, 3.05) is 19.6 Å². The van der Waals surface area contributed by atoms with Gasteiger partial charge in [0.2, 0.25) is 0 Å². The zero-order chi connectivity index (χ0) is 24.0. The van der Waals surface area contributed by atoms with E-state index in [1.54, 1.807) is 4.90 Å². The number of aliphatic hydroxyl groups is 3. The Morgan fingerprint density at radius 2 is 1.82 bits per heavy atom. The molecule has 7 atom stereocenters. The molecule has 3 aliphatic carbocycles. The first kappa shape index (κ1) is 25.2. The number of fused-ring (bicyclic) bond motifs is 1. The second-order valence-electron chi connectivity index (χ2n) is 11.6. The summed E-state index contributed by atoms with van der Waals surface area (Å²) in [6, 6.07) is 0. The minimum absolute atomic E-state index is 0.146. The lowest BCUT2D eigenvalue weighted by Crippen LogP contribution is -2.48. The quantitative estimate of drug-likeness (QED) is 0.561. The number of hydrogen-bond acceptors (Lipinski definition) is 4. The molecule has 4 fully saturated rings. The van der Waals surface area contributed by atoms with Gasteiger partial charge in [-0.2, -0.15) is 13.2 Å². The van der Waals surface area contributed by atoms with Gasteiger partial charge in [0.05, 0.1) is 12.2 Å². The Morgan fingerprint density at radius 1 is 1.12 bits per heavy atom. The van der Waals surface area contributed by atoms with Crippen LogP contribution < -0.4 is 0 Å². The van der Waals surface area contributed by atoms with Gasteiger partial charge < -0.3 is 15.3 Å². The van der Waals surface area contributed by atoms with Gasteiger partial charge >= 0.3 is 6.18 Å². The topological polar surface area (TPSA) is 63.9 Å². The van der Waals surface area contributed by atoms with Crippen LogP contribution in [0.2, 0.25) is 0 Å². The number of nitrogens with zero attached hydrogens (tertiary/aromatic N) is 1. The van der Waals surface area contributed by atoms with E-state index in [0.717, 1.165) is 37.7 Å². The van der Waals surface area contributed by atoms with Crippen molar-refractivity contribution in [1.82, 2.24) is 4.90 Å². The normalized spacial score (nSPS) is 42.5. The fourth-order valence-electron chi connectivity index (χ4n) is 7.54. The van der Waals surface area contributed by atoms with Gasteiger partial charge in [-0.3, -0.25) is 4.90 Å². The summed E-state index contributed by atoms with van der Waals surface area (Å²) in [6.07, 6.45) is 5.85. The molecule has 4 aliphatic rings. The van der Waals surface area contributed by atoms with Crippen molar-refractivity contribution in [1.29, 1.82) is 0 Å². The van der Waals surface area contributed by atoms with Gasteiger partial charge in [0, 0.05) is 19.6 Å². The van der Waals surface area contributed by atoms with E-state index < -0.39 is 24.0 Å². The molecule has 0 radical (unpaired) electrons. The molecule has 1 saturated heterocycles. The Bertz CT molecular complexity index is 769. The Kier molecular flexibility index (Phi) is 7.09. The molecule has 2 unspecified atom stereocenters. The van der Waals surface area contributed by atoms with E-state index in [9.17, 15) is 28.5 Å². The van der Waals surface area contributed by atoms with E-state index in [0.29, 0.717) is 44.2 Å². The minimum atomic E-state index is -4.57. The highest BCUT2D eigenvalue weighted by Crippen LogP contribution is 2.59. The van der Waals surface area contributed by atoms with Crippen LogP contribution in [-0.2, 0) is 0 Å². The lowest BCUT2D eigenvalue weighted by molar-refractivity contribution is -0.254. The fourth-order valence-corrected chi connectivity index (χ4v) is 7.54. The number of allylic oxidation sites excluding steroid dienone is 3. The van der Waals surface area contributed by atoms with Crippen LogP contribution in [0.3, 0.4) is 0 Å². The summed E-state index contributed by atoms with van der Waals surface area (Å²) in [5, 5.41) is 30.0. The van der Waals surface area contributed by atoms with Crippen LogP contribution in [0, 0.1) is 23.2 Å². The molecule has 3 saturated carbocycles. The van der Waals surface area contributed by atoms with Gasteiger partial charge in [-0.25, -0.2) is 0 Å². The second-order valence-corrected chi connectivity index (χ2v) is 11.6. The highest BCUT2D eigenvalue weighted by atomic mass is 19.4. The Labute approximate surface area is 195 Å². The second kappa shape index (κ2) is 9.29. The number of halogens is 3. The third-order valence-corrected chi connectivity index (χ3v) is 9.20. The summed E-state index contributed by atoms with van der Waals surface area (Å²) in [5.74, 6) is 1.22. The molecular formula is C26H40F3NO3. The van der Waals surface area contributed by atoms with Crippen LogP contribution in [0.15, 0.2) is 23.3 Å². The maximum atomic E-state index is 13.2. The van der Waals surface area contributed by atoms with Crippen molar-refractivity contribution in [3.05, 3.63) is 23.3 Å². The molecular weight excluding hydrogens is 431 g/mol. The molecule has 4 rings (SSSR count). The van der Waals surface area contributed by atoms with Crippen molar-refractivity contribution in [3.8, 4) is 0 Å². The summed E-state index contributed by atoms with van der Waals surface area (Å²) >= 11 is 0. The number of rotatable bonds is 4. The van der Waals surface area contributed by atoms with Gasteiger partial charge in [-0.15, -0.1) is 0 Å². The monoisotopic (exact) mass is 471 g/mol. The maximum Gasteiger partial charge on any atom is 0.418 e. The molecule has 0 aromatic rings. The summed E-state index contributed by atoms with van der Waals surface area (Å²) in [4.78, 5) is 1.80. The number of aliphatic hydroxyl groups excluding tert-OH is 2. The predicted octanol–water partition coefficient (Wildman–Crippen LogP) is 4.60. The zero-order valence-corrected chi connectivity index (χ0v) is 19.9. The lowest BCUT2D eigenvalue weighted by Gasteiger charge is -2.45. The van der Waals surface area contributed by atoms with Gasteiger partial charge in [0.25, 0.3) is 0 Å². The standard InChI is InChI=1S/C26H40F3NO3/c1-17(15-30-11-10-25(33,16-30)26(27,28)29)22-7-8-23-19(4-3-9-24(22,23)2)6-5-18-12-20(31)14-21(32)13-18/h5-6,17,20-23,31-33H,3-4,7-16H2,1-2H3/b19-6+/t17?,20-,21-,22-,23+,24-,25?/m1/s1. The van der Waals surface area contributed by atoms with Gasteiger partial charge in [-0.05, 0) is 81.0 Å². The van der Waals surface area contributed by atoms with Crippen LogP contribution in [0.4, 0.5) is 13.2 Å². The van der Waals surface area contributed by atoms with Crippen LogP contribution in [0.25, 0.3) is 0 Å². The smallest absolute Gasteiger partial charge is 0.393 e. The third-order valence-electron chi connectivity index (χ3n) is 9.20. The molecule has 188 valence electrons. The number of β-amino-alcohol motifs (C(OH)–C–C–N with tert-alkyl or cyclic N) is 1. The van der Waals surface area contributed by atoms with E-state index in [1.165, 1.54) is 5.57 Å². The van der Waals surface area contributed by atoms with E-state index in [2.05, 4.69) is 26.0 Å². The molecule has 0 bridgehead atoms. The maximum absolute atomic E-state index is 13.2. The predicted molar refractivity (Wildman–Crippen MR) is 121 cm³/mol. The van der Waals surface area contributed by atoms with Crippen molar-refractivity contribution in [2.24, 2.45) is 23.2 Å². The van der Waals surface area contributed by atoms with Gasteiger partial charge in [-0.1, -0.05) is 37.1 Å². The number of alkyl halides is 3. The SMILES string of the molecule is CC(CN1CCC(O)(C(F)(F)F)C1)[C@H]1CC[C@H]2/C(=C/C=C3C[C@@H](O)C[C@H](O)C3)CCC[C@]12C. The summed E-state index contributed by atoms with van der Waals surface area (Å²) in [7, 11) is 0. The molecule has 0 amide bonds.